The Hall–Kier alpha value is -1.21. The second-order valence-corrected chi connectivity index (χ2v) is 5.78. The summed E-state index contributed by atoms with van der Waals surface area (Å²) >= 11 is 6.77. The maximum absolute atomic E-state index is 12.2. The van der Waals surface area contributed by atoms with E-state index in [4.69, 9.17) is 0 Å². The van der Waals surface area contributed by atoms with Crippen molar-refractivity contribution in [3.8, 4) is 0 Å². The molecule has 2 aromatic heterocycles. The summed E-state index contributed by atoms with van der Waals surface area (Å²) in [7, 11) is 0. The minimum atomic E-state index is -0.103. The van der Waals surface area contributed by atoms with Crippen LogP contribution in [0.15, 0.2) is 27.4 Å². The van der Waals surface area contributed by atoms with Crippen LogP contribution in [0.1, 0.15) is 30.0 Å². The van der Waals surface area contributed by atoms with Crippen LogP contribution in [-0.2, 0) is 13.1 Å². The minimum absolute atomic E-state index is 0.103. The number of ketones is 1. The first-order chi connectivity index (χ1) is 9.56. The second-order valence-electron chi connectivity index (χ2n) is 4.07. The third-order valence-corrected chi connectivity index (χ3v) is 3.98. The zero-order valence-corrected chi connectivity index (χ0v) is 14.3. The third-order valence-electron chi connectivity index (χ3n) is 2.79. The van der Waals surface area contributed by atoms with Gasteiger partial charge in [-0.15, -0.1) is 0 Å². The lowest BCUT2D eigenvalue weighted by Gasteiger charge is -2.00. The largest absolute Gasteiger partial charge is 0.288 e. The van der Waals surface area contributed by atoms with Crippen molar-refractivity contribution < 1.29 is 4.79 Å². The molecule has 0 bridgehead atoms. The van der Waals surface area contributed by atoms with Gasteiger partial charge >= 0.3 is 0 Å². The van der Waals surface area contributed by atoms with Crippen LogP contribution in [0.3, 0.4) is 0 Å². The Morgan fingerprint density at radius 2 is 2.05 bits per heavy atom. The molecule has 0 aliphatic heterocycles. The van der Waals surface area contributed by atoms with Gasteiger partial charge in [0, 0.05) is 19.3 Å². The van der Waals surface area contributed by atoms with Crippen LogP contribution in [0.25, 0.3) is 6.08 Å². The third kappa shape index (κ3) is 3.09. The number of aryl methyl sites for hydroxylation is 2. The van der Waals surface area contributed by atoms with Crippen molar-refractivity contribution in [2.75, 3.05) is 0 Å². The maximum Gasteiger partial charge on any atom is 0.205 e. The smallest absolute Gasteiger partial charge is 0.205 e. The highest BCUT2D eigenvalue weighted by Gasteiger charge is 2.14. The molecule has 2 rings (SSSR count). The predicted molar refractivity (Wildman–Crippen MR) is 84.6 cm³/mol. The van der Waals surface area contributed by atoms with Crippen LogP contribution in [0, 0.1) is 0 Å². The molecular weight excluding hydrogens is 388 g/mol. The number of carbonyl (C=O) groups excluding carboxylic acids is 1. The lowest BCUT2D eigenvalue weighted by Crippen LogP contribution is -2.07. The zero-order chi connectivity index (χ0) is 14.7. The van der Waals surface area contributed by atoms with Gasteiger partial charge in [-0.3, -0.25) is 14.2 Å². The van der Waals surface area contributed by atoms with Crippen molar-refractivity contribution in [1.29, 1.82) is 0 Å². The molecule has 0 amide bonds. The maximum atomic E-state index is 12.2. The summed E-state index contributed by atoms with van der Waals surface area (Å²) in [5.41, 5.74) is 1.29. The van der Waals surface area contributed by atoms with Gasteiger partial charge in [0.15, 0.2) is 0 Å². The predicted octanol–water partition coefficient (Wildman–Crippen LogP) is 3.54. The highest BCUT2D eigenvalue weighted by Crippen LogP contribution is 2.19. The molecule has 0 aliphatic carbocycles. The summed E-state index contributed by atoms with van der Waals surface area (Å²) in [6, 6.07) is 0. The highest BCUT2D eigenvalue weighted by molar-refractivity contribution is 9.10. The van der Waals surface area contributed by atoms with Crippen molar-refractivity contribution in [3.05, 3.63) is 38.8 Å². The summed E-state index contributed by atoms with van der Waals surface area (Å²) in [6.07, 6.45) is 6.74. The Bertz CT molecular complexity index is 657. The molecule has 0 aliphatic rings. The summed E-state index contributed by atoms with van der Waals surface area (Å²) in [6.45, 7) is 5.39. The molecule has 20 heavy (non-hydrogen) atoms. The molecule has 0 fully saturated rings. The lowest BCUT2D eigenvalue weighted by atomic mass is 10.2. The van der Waals surface area contributed by atoms with E-state index in [0.29, 0.717) is 16.7 Å². The van der Waals surface area contributed by atoms with Gasteiger partial charge in [-0.05, 0) is 57.9 Å². The summed E-state index contributed by atoms with van der Waals surface area (Å²) in [5.74, 6) is -0.103. The number of allylic oxidation sites excluding steroid dienone is 1. The van der Waals surface area contributed by atoms with Crippen LogP contribution in [0.4, 0.5) is 0 Å². The second kappa shape index (κ2) is 6.49. The van der Waals surface area contributed by atoms with E-state index < -0.39 is 0 Å². The summed E-state index contributed by atoms with van der Waals surface area (Å²) < 4.78 is 5.04. The van der Waals surface area contributed by atoms with E-state index in [-0.39, 0.29) is 5.78 Å². The number of carbonyl (C=O) groups is 1. The van der Waals surface area contributed by atoms with E-state index in [9.17, 15) is 4.79 Å². The molecule has 5 nitrogen and oxygen atoms in total. The fourth-order valence-corrected chi connectivity index (χ4v) is 2.71. The zero-order valence-electron chi connectivity index (χ0n) is 11.2. The van der Waals surface area contributed by atoms with Crippen molar-refractivity contribution in [2.24, 2.45) is 0 Å². The molecule has 0 saturated carbocycles. The fourth-order valence-electron chi connectivity index (χ4n) is 1.77. The van der Waals surface area contributed by atoms with Crippen LogP contribution in [0.2, 0.25) is 0 Å². The molecule has 2 heterocycles. The van der Waals surface area contributed by atoms with Crippen LogP contribution in [-0.4, -0.2) is 25.3 Å². The lowest BCUT2D eigenvalue weighted by molar-refractivity contribution is 0.103. The van der Waals surface area contributed by atoms with E-state index in [0.717, 1.165) is 16.7 Å². The molecule has 0 unspecified atom stereocenters. The Labute approximate surface area is 133 Å². The Balaban J connectivity index is 2.24. The quantitative estimate of drug-likeness (QED) is 0.568. The van der Waals surface area contributed by atoms with E-state index >= 15 is 0 Å². The van der Waals surface area contributed by atoms with Crippen LogP contribution >= 0.6 is 31.9 Å². The number of nitrogens with zero attached hydrogens (tertiary/aromatic N) is 4. The van der Waals surface area contributed by atoms with E-state index in [1.165, 1.54) is 6.08 Å². The van der Waals surface area contributed by atoms with Gasteiger partial charge in [0.05, 0.1) is 20.8 Å². The molecule has 0 aromatic carbocycles. The van der Waals surface area contributed by atoms with E-state index in [1.807, 2.05) is 20.0 Å². The van der Waals surface area contributed by atoms with Gasteiger partial charge in [0.1, 0.15) is 5.69 Å². The Morgan fingerprint density at radius 3 is 2.65 bits per heavy atom. The molecule has 7 heteroatoms. The molecule has 0 saturated heterocycles. The van der Waals surface area contributed by atoms with E-state index in [2.05, 4.69) is 42.1 Å². The molecular formula is C13H14Br2N4O. The SMILES string of the molecule is CCn1cc(Br)c(/C=C/C(=O)c2c(Br)cnn2CC)n1. The average molecular weight is 402 g/mol. The number of hydrogen-bond acceptors (Lipinski definition) is 3. The highest BCUT2D eigenvalue weighted by atomic mass is 79.9. The van der Waals surface area contributed by atoms with E-state index in [1.54, 1.807) is 21.6 Å². The van der Waals surface area contributed by atoms with Gasteiger partial charge in [-0.2, -0.15) is 10.2 Å². The fraction of sp³-hybridized carbons (Fsp3) is 0.308. The summed E-state index contributed by atoms with van der Waals surface area (Å²) in [4.78, 5) is 12.2. The Morgan fingerprint density at radius 1 is 1.30 bits per heavy atom. The van der Waals surface area contributed by atoms with Crippen LogP contribution < -0.4 is 0 Å². The molecule has 106 valence electrons. The van der Waals surface area contributed by atoms with Gasteiger partial charge in [-0.25, -0.2) is 0 Å². The number of aromatic nitrogens is 4. The van der Waals surface area contributed by atoms with Crippen molar-refractivity contribution >= 4 is 43.7 Å². The van der Waals surface area contributed by atoms with Gasteiger partial charge in [0.2, 0.25) is 5.78 Å². The Kier molecular flexibility index (Phi) is 4.93. The molecule has 0 atom stereocenters. The molecule has 2 aromatic rings. The monoisotopic (exact) mass is 400 g/mol. The molecule has 0 N–H and O–H groups in total. The van der Waals surface area contributed by atoms with Crippen molar-refractivity contribution in [3.63, 3.8) is 0 Å². The van der Waals surface area contributed by atoms with Crippen molar-refractivity contribution in [1.82, 2.24) is 19.6 Å². The van der Waals surface area contributed by atoms with Crippen molar-refractivity contribution in [2.45, 2.75) is 26.9 Å². The summed E-state index contributed by atoms with van der Waals surface area (Å²) in [5, 5.41) is 8.47. The van der Waals surface area contributed by atoms with Crippen LogP contribution in [0.5, 0.6) is 0 Å². The standard InChI is InChI=1S/C13H14Br2N4O/c1-3-18-8-10(15)11(17-18)5-6-12(20)13-9(14)7-16-19(13)4-2/h5-8H,3-4H2,1-2H3/b6-5+. The topological polar surface area (TPSA) is 52.7 Å². The normalized spacial score (nSPS) is 11.4. The first-order valence-electron chi connectivity index (χ1n) is 6.23. The minimum Gasteiger partial charge on any atom is -0.288 e. The number of hydrogen-bond donors (Lipinski definition) is 0. The first-order valence-corrected chi connectivity index (χ1v) is 7.82. The van der Waals surface area contributed by atoms with Gasteiger partial charge in [-0.1, -0.05) is 0 Å². The number of rotatable bonds is 5. The van der Waals surface area contributed by atoms with Gasteiger partial charge in [0.25, 0.3) is 0 Å². The molecule has 0 radical (unpaired) electrons. The number of halogens is 2. The molecule has 0 spiro atoms. The first kappa shape index (κ1) is 15.2. The average Bonchev–Trinajstić information content (AvgIpc) is 2.99. The van der Waals surface area contributed by atoms with Gasteiger partial charge < -0.3 is 0 Å².